The molecular formula is C17H15ClN2O. The van der Waals surface area contributed by atoms with Gasteiger partial charge in [0.2, 0.25) is 0 Å². The summed E-state index contributed by atoms with van der Waals surface area (Å²) < 4.78 is 5.75. The quantitative estimate of drug-likeness (QED) is 0.897. The van der Waals surface area contributed by atoms with Crippen LogP contribution in [0.3, 0.4) is 0 Å². The van der Waals surface area contributed by atoms with Crippen molar-refractivity contribution in [3.63, 3.8) is 0 Å². The van der Waals surface area contributed by atoms with E-state index in [1.807, 2.05) is 18.2 Å². The monoisotopic (exact) mass is 298 g/mol. The maximum atomic E-state index is 9.28. The van der Waals surface area contributed by atoms with Gasteiger partial charge in [-0.1, -0.05) is 17.7 Å². The Kier molecular flexibility index (Phi) is 4.10. The Balaban J connectivity index is 1.74. The largest absolute Gasteiger partial charge is 0.456 e. The first kappa shape index (κ1) is 13.9. The zero-order valence-electron chi connectivity index (χ0n) is 11.5. The van der Waals surface area contributed by atoms with E-state index in [1.165, 1.54) is 12.8 Å². The Morgan fingerprint density at radius 3 is 2.62 bits per heavy atom. The predicted molar refractivity (Wildman–Crippen MR) is 82.5 cm³/mol. The maximum Gasteiger partial charge on any atom is 0.145 e. The van der Waals surface area contributed by atoms with Gasteiger partial charge in [0.05, 0.1) is 5.56 Å². The third-order valence-electron chi connectivity index (χ3n) is 3.38. The molecular weight excluding hydrogens is 284 g/mol. The molecule has 2 aromatic rings. The van der Waals surface area contributed by atoms with Crippen LogP contribution in [0.4, 0.5) is 0 Å². The lowest BCUT2D eigenvalue weighted by Gasteiger charge is -2.09. The van der Waals surface area contributed by atoms with Crippen molar-refractivity contribution in [2.75, 3.05) is 0 Å². The Labute approximate surface area is 129 Å². The van der Waals surface area contributed by atoms with Gasteiger partial charge in [-0.15, -0.1) is 0 Å². The zero-order chi connectivity index (χ0) is 14.7. The summed E-state index contributed by atoms with van der Waals surface area (Å²) in [5.41, 5.74) is 1.64. The molecule has 0 heterocycles. The minimum Gasteiger partial charge on any atom is -0.456 e. The summed E-state index contributed by atoms with van der Waals surface area (Å²) in [6.45, 7) is 0.792. The number of nitrogens with zero attached hydrogens (tertiary/aromatic N) is 1. The van der Waals surface area contributed by atoms with E-state index in [0.717, 1.165) is 12.1 Å². The lowest BCUT2D eigenvalue weighted by Crippen LogP contribution is -2.15. The fourth-order valence-electron chi connectivity index (χ4n) is 2.04. The second-order valence-electron chi connectivity index (χ2n) is 5.15. The van der Waals surface area contributed by atoms with E-state index in [0.29, 0.717) is 28.1 Å². The van der Waals surface area contributed by atoms with E-state index in [1.54, 1.807) is 24.3 Å². The van der Waals surface area contributed by atoms with Crippen molar-refractivity contribution in [1.82, 2.24) is 5.32 Å². The van der Waals surface area contributed by atoms with Crippen LogP contribution in [0.5, 0.6) is 11.5 Å². The molecule has 1 saturated carbocycles. The van der Waals surface area contributed by atoms with Crippen molar-refractivity contribution < 1.29 is 4.74 Å². The number of nitriles is 1. The molecule has 4 heteroatoms. The summed E-state index contributed by atoms with van der Waals surface area (Å²) in [7, 11) is 0. The van der Waals surface area contributed by atoms with Gasteiger partial charge in [0.15, 0.2) is 0 Å². The van der Waals surface area contributed by atoms with E-state index in [-0.39, 0.29) is 0 Å². The summed E-state index contributed by atoms with van der Waals surface area (Å²) in [5, 5.41) is 13.4. The van der Waals surface area contributed by atoms with Crippen molar-refractivity contribution in [3.05, 3.63) is 58.6 Å². The molecule has 1 aliphatic rings. The number of ether oxygens (including phenoxy) is 1. The Morgan fingerprint density at radius 1 is 1.19 bits per heavy atom. The Morgan fingerprint density at radius 2 is 1.95 bits per heavy atom. The van der Waals surface area contributed by atoms with Crippen LogP contribution < -0.4 is 10.1 Å². The Hall–Kier alpha value is -2.02. The average molecular weight is 299 g/mol. The van der Waals surface area contributed by atoms with E-state index in [2.05, 4.69) is 11.4 Å². The second-order valence-corrected chi connectivity index (χ2v) is 5.59. The topological polar surface area (TPSA) is 45.0 Å². The second kappa shape index (κ2) is 6.17. The van der Waals surface area contributed by atoms with Gasteiger partial charge in [0.1, 0.15) is 17.6 Å². The van der Waals surface area contributed by atoms with Crippen LogP contribution in [0, 0.1) is 11.3 Å². The van der Waals surface area contributed by atoms with Crippen molar-refractivity contribution >= 4 is 11.6 Å². The minimum atomic E-state index is 0.542. The van der Waals surface area contributed by atoms with E-state index in [4.69, 9.17) is 16.3 Å². The summed E-state index contributed by atoms with van der Waals surface area (Å²) in [6.07, 6.45) is 2.51. The first-order chi connectivity index (χ1) is 10.2. The maximum absolute atomic E-state index is 9.28. The van der Waals surface area contributed by atoms with Gasteiger partial charge in [0.25, 0.3) is 0 Å². The van der Waals surface area contributed by atoms with Crippen LogP contribution >= 0.6 is 11.6 Å². The first-order valence-electron chi connectivity index (χ1n) is 6.94. The number of hydrogen-bond acceptors (Lipinski definition) is 3. The number of nitrogens with one attached hydrogen (secondary N) is 1. The normalized spacial score (nSPS) is 13.7. The molecule has 21 heavy (non-hydrogen) atoms. The van der Waals surface area contributed by atoms with E-state index < -0.39 is 0 Å². The lowest BCUT2D eigenvalue weighted by molar-refractivity contribution is 0.480. The highest BCUT2D eigenvalue weighted by atomic mass is 35.5. The van der Waals surface area contributed by atoms with Crippen LogP contribution in [0.1, 0.15) is 24.0 Å². The molecule has 0 unspecified atom stereocenters. The number of hydrogen-bond donors (Lipinski definition) is 1. The summed E-state index contributed by atoms with van der Waals surface area (Å²) in [6, 6.07) is 15.6. The molecule has 2 aromatic carbocycles. The standard InChI is InChI=1S/C17H15ClN2O/c18-14-2-6-16(7-3-14)21-17-8-1-12(9-13(17)10-19)11-20-15-4-5-15/h1-3,6-9,15,20H,4-5,11H2. The van der Waals surface area contributed by atoms with Crippen molar-refractivity contribution in [2.24, 2.45) is 0 Å². The number of rotatable bonds is 5. The predicted octanol–water partition coefficient (Wildman–Crippen LogP) is 4.26. The molecule has 0 aliphatic heterocycles. The van der Waals surface area contributed by atoms with E-state index >= 15 is 0 Å². The molecule has 0 spiro atoms. The lowest BCUT2D eigenvalue weighted by atomic mass is 10.1. The third-order valence-corrected chi connectivity index (χ3v) is 3.63. The summed E-state index contributed by atoms with van der Waals surface area (Å²) >= 11 is 5.84. The highest BCUT2D eigenvalue weighted by Gasteiger charge is 2.20. The van der Waals surface area contributed by atoms with Gasteiger partial charge in [0, 0.05) is 17.6 Å². The minimum absolute atomic E-state index is 0.542. The van der Waals surface area contributed by atoms with Gasteiger partial charge in [-0.2, -0.15) is 5.26 Å². The fourth-order valence-corrected chi connectivity index (χ4v) is 2.17. The molecule has 0 saturated heterocycles. The summed E-state index contributed by atoms with van der Waals surface area (Å²) in [5.74, 6) is 1.23. The molecule has 0 amide bonds. The van der Waals surface area contributed by atoms with Crippen LogP contribution in [-0.4, -0.2) is 6.04 Å². The van der Waals surface area contributed by atoms with Crippen molar-refractivity contribution in [1.29, 1.82) is 5.26 Å². The first-order valence-corrected chi connectivity index (χ1v) is 7.32. The highest BCUT2D eigenvalue weighted by molar-refractivity contribution is 6.30. The molecule has 0 radical (unpaired) electrons. The van der Waals surface area contributed by atoms with Crippen LogP contribution in [0.2, 0.25) is 5.02 Å². The van der Waals surface area contributed by atoms with Gasteiger partial charge in [-0.3, -0.25) is 0 Å². The molecule has 0 atom stereocenters. The van der Waals surface area contributed by atoms with Gasteiger partial charge >= 0.3 is 0 Å². The van der Waals surface area contributed by atoms with Crippen LogP contribution in [0.15, 0.2) is 42.5 Å². The average Bonchev–Trinajstić information content (AvgIpc) is 3.33. The molecule has 3 nitrogen and oxygen atoms in total. The molecule has 3 rings (SSSR count). The van der Waals surface area contributed by atoms with Crippen LogP contribution in [0.25, 0.3) is 0 Å². The van der Waals surface area contributed by atoms with Crippen molar-refractivity contribution in [2.45, 2.75) is 25.4 Å². The van der Waals surface area contributed by atoms with Crippen molar-refractivity contribution in [3.8, 4) is 17.6 Å². The molecule has 1 N–H and O–H groups in total. The Bertz CT molecular complexity index is 672. The fraction of sp³-hybridized carbons (Fsp3) is 0.235. The molecule has 0 bridgehead atoms. The van der Waals surface area contributed by atoms with Gasteiger partial charge < -0.3 is 10.1 Å². The number of benzene rings is 2. The highest BCUT2D eigenvalue weighted by Crippen LogP contribution is 2.27. The van der Waals surface area contributed by atoms with Gasteiger partial charge in [-0.05, 0) is 54.8 Å². The molecule has 1 aliphatic carbocycles. The zero-order valence-corrected chi connectivity index (χ0v) is 12.2. The third kappa shape index (κ3) is 3.75. The smallest absolute Gasteiger partial charge is 0.145 e. The number of halogens is 1. The van der Waals surface area contributed by atoms with E-state index in [9.17, 15) is 5.26 Å². The van der Waals surface area contributed by atoms with Gasteiger partial charge in [-0.25, -0.2) is 0 Å². The van der Waals surface area contributed by atoms with Crippen LogP contribution in [-0.2, 0) is 6.54 Å². The molecule has 106 valence electrons. The molecule has 1 fully saturated rings. The molecule has 0 aromatic heterocycles. The SMILES string of the molecule is N#Cc1cc(CNC2CC2)ccc1Oc1ccc(Cl)cc1. The summed E-state index contributed by atoms with van der Waals surface area (Å²) in [4.78, 5) is 0.